The fourth-order valence-electron chi connectivity index (χ4n) is 0.503. The number of halogens is 2. The molecule has 0 bridgehead atoms. The highest BCUT2D eigenvalue weighted by Crippen LogP contribution is 2.21. The van der Waals surface area contributed by atoms with E-state index in [9.17, 15) is 16.8 Å². The summed E-state index contributed by atoms with van der Waals surface area (Å²) >= 11 is 0. The summed E-state index contributed by atoms with van der Waals surface area (Å²) in [5.74, 6) is 0. The zero-order valence-corrected chi connectivity index (χ0v) is 8.92. The van der Waals surface area contributed by atoms with Crippen molar-refractivity contribution in [1.82, 2.24) is 0 Å². The molecule has 0 aromatic carbocycles. The lowest BCUT2D eigenvalue weighted by Gasteiger charge is -2.05. The zero-order valence-electron chi connectivity index (χ0n) is 5.77. The molecule has 0 N–H and O–H groups in total. The molecule has 0 fully saturated rings. The van der Waals surface area contributed by atoms with E-state index in [1.807, 2.05) is 0 Å². The quantitative estimate of drug-likeness (QED) is 0.554. The predicted molar refractivity (Wildman–Crippen MR) is 48.1 cm³/mol. The van der Waals surface area contributed by atoms with Crippen molar-refractivity contribution in [2.75, 3.05) is 0 Å². The zero-order chi connectivity index (χ0) is 9.99. The molecule has 4 nitrogen and oxygen atoms in total. The molecule has 0 saturated heterocycles. The molecule has 0 heterocycles. The molecular weight excluding hydrogens is 247 g/mol. The van der Waals surface area contributed by atoms with E-state index in [4.69, 9.17) is 21.4 Å². The van der Waals surface area contributed by atoms with Gasteiger partial charge in [0, 0.05) is 21.4 Å². The molecule has 0 aliphatic rings. The van der Waals surface area contributed by atoms with Crippen molar-refractivity contribution in [2.45, 2.75) is 11.0 Å². The van der Waals surface area contributed by atoms with E-state index in [2.05, 4.69) is 6.58 Å². The van der Waals surface area contributed by atoms with Gasteiger partial charge >= 0.3 is 0 Å². The molecule has 0 amide bonds. The summed E-state index contributed by atoms with van der Waals surface area (Å²) in [5, 5.41) is 0. The van der Waals surface area contributed by atoms with Crippen molar-refractivity contribution >= 4 is 39.5 Å². The largest absolute Gasteiger partial charge is 0.251 e. The molecule has 0 unspecified atom stereocenters. The van der Waals surface area contributed by atoms with Gasteiger partial charge in [-0.25, -0.2) is 16.8 Å². The monoisotopic (exact) mass is 252 g/mol. The van der Waals surface area contributed by atoms with Crippen molar-refractivity contribution in [3.8, 4) is 0 Å². The molecule has 0 aliphatic heterocycles. The van der Waals surface area contributed by atoms with Crippen molar-refractivity contribution in [3.05, 3.63) is 12.7 Å². The Bertz CT molecular complexity index is 323. The third kappa shape index (κ3) is 3.75. The average Bonchev–Trinajstić information content (AvgIpc) is 1.77. The van der Waals surface area contributed by atoms with Gasteiger partial charge in [0.15, 0.2) is 4.58 Å². The van der Waals surface area contributed by atoms with Crippen LogP contribution in [-0.2, 0) is 18.1 Å². The maximum Gasteiger partial charge on any atom is 0.251 e. The van der Waals surface area contributed by atoms with E-state index >= 15 is 0 Å². The Labute approximate surface area is 80.0 Å². The predicted octanol–water partition coefficient (Wildman–Crippen LogP) is 1.03. The summed E-state index contributed by atoms with van der Waals surface area (Å²) in [6, 6.07) is 0. The first-order valence-corrected chi connectivity index (χ1v) is 7.42. The van der Waals surface area contributed by atoms with Gasteiger partial charge in [-0.1, -0.05) is 6.08 Å². The molecule has 0 aliphatic carbocycles. The maximum atomic E-state index is 10.6. The highest BCUT2D eigenvalue weighted by molar-refractivity contribution is 8.28. The lowest BCUT2D eigenvalue weighted by Crippen LogP contribution is -2.22. The van der Waals surface area contributed by atoms with Crippen LogP contribution >= 0.6 is 21.4 Å². The van der Waals surface area contributed by atoms with Crippen LogP contribution < -0.4 is 0 Å². The van der Waals surface area contributed by atoms with Crippen LogP contribution in [0.4, 0.5) is 0 Å². The standard InChI is InChI=1S/C4H6Cl2O4S2/c1-2-3-4(11(5,7)8)12(6,9)10/h2,4H,1,3H2. The van der Waals surface area contributed by atoms with Crippen molar-refractivity contribution in [1.29, 1.82) is 0 Å². The van der Waals surface area contributed by atoms with E-state index in [-0.39, 0.29) is 6.42 Å². The molecule has 0 rings (SSSR count). The summed E-state index contributed by atoms with van der Waals surface area (Å²) in [7, 11) is 1.24. The number of rotatable bonds is 4. The van der Waals surface area contributed by atoms with E-state index in [1.165, 1.54) is 0 Å². The second-order valence-corrected chi connectivity index (χ2v) is 7.82. The first-order chi connectivity index (χ1) is 5.19. The second-order valence-electron chi connectivity index (χ2n) is 1.91. The minimum Gasteiger partial charge on any atom is -0.211 e. The van der Waals surface area contributed by atoms with Crippen LogP contribution in [-0.4, -0.2) is 21.4 Å². The summed E-state index contributed by atoms with van der Waals surface area (Å²) in [4.78, 5) is 0. The van der Waals surface area contributed by atoms with Crippen molar-refractivity contribution in [3.63, 3.8) is 0 Å². The smallest absolute Gasteiger partial charge is 0.211 e. The number of hydrogen-bond acceptors (Lipinski definition) is 4. The van der Waals surface area contributed by atoms with Gasteiger partial charge in [0.1, 0.15) is 0 Å². The maximum absolute atomic E-state index is 10.6. The topological polar surface area (TPSA) is 68.3 Å². The van der Waals surface area contributed by atoms with Crippen LogP contribution in [0, 0.1) is 0 Å². The van der Waals surface area contributed by atoms with Gasteiger partial charge in [-0.15, -0.1) is 6.58 Å². The van der Waals surface area contributed by atoms with Gasteiger partial charge in [0.2, 0.25) is 0 Å². The minimum atomic E-state index is -4.20. The SMILES string of the molecule is C=CCC(S(=O)(=O)Cl)S(=O)(=O)Cl. The van der Waals surface area contributed by atoms with Gasteiger partial charge in [0.05, 0.1) is 0 Å². The molecule has 72 valence electrons. The number of allylic oxidation sites excluding steroid dienone is 1. The molecule has 0 aromatic heterocycles. The lowest BCUT2D eigenvalue weighted by molar-refractivity contribution is 0.590. The van der Waals surface area contributed by atoms with Crippen LogP contribution in [0.3, 0.4) is 0 Å². The Kier molecular flexibility index (Phi) is 4.02. The molecule has 0 radical (unpaired) electrons. The van der Waals surface area contributed by atoms with Gasteiger partial charge in [-0.2, -0.15) is 0 Å². The van der Waals surface area contributed by atoms with Crippen LogP contribution in [0.25, 0.3) is 0 Å². The first-order valence-electron chi connectivity index (χ1n) is 2.67. The first kappa shape index (κ1) is 12.2. The fourth-order valence-corrected chi connectivity index (χ4v) is 4.83. The lowest BCUT2D eigenvalue weighted by atomic mass is 10.5. The van der Waals surface area contributed by atoms with Crippen LogP contribution in [0.1, 0.15) is 6.42 Å². The molecule has 8 heteroatoms. The van der Waals surface area contributed by atoms with Gasteiger partial charge < -0.3 is 0 Å². The summed E-state index contributed by atoms with van der Waals surface area (Å²) in [6.07, 6.45) is 0.794. The molecule has 0 aromatic rings. The second kappa shape index (κ2) is 3.95. The van der Waals surface area contributed by atoms with Crippen molar-refractivity contribution < 1.29 is 16.8 Å². The van der Waals surface area contributed by atoms with Crippen LogP contribution in [0.15, 0.2) is 12.7 Å². The van der Waals surface area contributed by atoms with E-state index < -0.39 is 22.7 Å². The minimum absolute atomic E-state index is 0.322. The Morgan fingerprint density at radius 1 is 1.17 bits per heavy atom. The molecule has 0 saturated carbocycles. The van der Waals surface area contributed by atoms with Crippen LogP contribution in [0.2, 0.25) is 0 Å². The normalized spacial score (nSPS) is 13.2. The molecule has 0 atom stereocenters. The molecule has 0 spiro atoms. The third-order valence-electron chi connectivity index (χ3n) is 0.987. The van der Waals surface area contributed by atoms with E-state index in [0.29, 0.717) is 0 Å². The fraction of sp³-hybridized carbons (Fsp3) is 0.500. The number of hydrogen-bond donors (Lipinski definition) is 0. The summed E-state index contributed by atoms with van der Waals surface area (Å²) in [5.41, 5.74) is 0. The Balaban J connectivity index is 5.09. The Morgan fingerprint density at radius 2 is 1.50 bits per heavy atom. The summed E-state index contributed by atoms with van der Waals surface area (Å²) in [6.45, 7) is 3.18. The van der Waals surface area contributed by atoms with Gasteiger partial charge in [-0.05, 0) is 6.42 Å². The van der Waals surface area contributed by atoms with E-state index in [0.717, 1.165) is 6.08 Å². The molecule has 12 heavy (non-hydrogen) atoms. The highest BCUT2D eigenvalue weighted by Gasteiger charge is 2.33. The van der Waals surface area contributed by atoms with Crippen molar-refractivity contribution in [2.24, 2.45) is 0 Å². The summed E-state index contributed by atoms with van der Waals surface area (Å²) < 4.78 is 40.7. The van der Waals surface area contributed by atoms with Gasteiger partial charge in [-0.3, -0.25) is 0 Å². The third-order valence-corrected chi connectivity index (χ3v) is 6.07. The Hall–Kier alpha value is 0.220. The molecular formula is C4H6Cl2O4S2. The van der Waals surface area contributed by atoms with Crippen LogP contribution in [0.5, 0.6) is 0 Å². The highest BCUT2D eigenvalue weighted by atomic mass is 35.7. The average molecular weight is 253 g/mol. The van der Waals surface area contributed by atoms with Gasteiger partial charge in [0.25, 0.3) is 18.1 Å². The van der Waals surface area contributed by atoms with E-state index in [1.54, 1.807) is 0 Å². The Morgan fingerprint density at radius 3 is 1.58 bits per heavy atom.